The van der Waals surface area contributed by atoms with Gasteiger partial charge in [0.15, 0.2) is 0 Å². The maximum atomic E-state index is 12.8. The van der Waals surface area contributed by atoms with Gasteiger partial charge >= 0.3 is 12.0 Å². The molecule has 0 radical (unpaired) electrons. The molecule has 1 aliphatic heterocycles. The SMILES string of the molecule is C=CCOc1c(Br)cc(Cl)cc1C=C1NC(=O)N(Cc2ccc(C(=O)OC)o2)C1=O. The van der Waals surface area contributed by atoms with Gasteiger partial charge in [0.2, 0.25) is 5.76 Å². The number of hydrogen-bond acceptors (Lipinski definition) is 6. The fourth-order valence-corrected chi connectivity index (χ4v) is 3.63. The summed E-state index contributed by atoms with van der Waals surface area (Å²) in [7, 11) is 1.22. The van der Waals surface area contributed by atoms with E-state index in [0.717, 1.165) is 4.90 Å². The van der Waals surface area contributed by atoms with E-state index in [1.165, 1.54) is 25.3 Å². The standard InChI is InChI=1S/C20H16BrClN2O6/c1-3-6-29-17-11(7-12(22)9-14(17)21)8-15-18(25)24(20(27)23-15)10-13-4-5-16(30-13)19(26)28-2/h3-5,7-9H,1,6,10H2,2H3,(H,23,27). The number of amides is 3. The van der Waals surface area contributed by atoms with E-state index >= 15 is 0 Å². The van der Waals surface area contributed by atoms with Crippen LogP contribution in [0.2, 0.25) is 5.02 Å². The molecular weight excluding hydrogens is 480 g/mol. The lowest BCUT2D eigenvalue weighted by atomic mass is 10.1. The lowest BCUT2D eigenvalue weighted by Crippen LogP contribution is -2.30. The van der Waals surface area contributed by atoms with Crippen molar-refractivity contribution in [1.82, 2.24) is 10.2 Å². The molecule has 0 aliphatic carbocycles. The van der Waals surface area contributed by atoms with E-state index in [2.05, 4.69) is 32.6 Å². The minimum atomic E-state index is -0.655. The highest BCUT2D eigenvalue weighted by atomic mass is 79.9. The lowest BCUT2D eigenvalue weighted by molar-refractivity contribution is -0.123. The molecule has 0 unspecified atom stereocenters. The first-order chi connectivity index (χ1) is 14.3. The molecule has 1 fully saturated rings. The summed E-state index contributed by atoms with van der Waals surface area (Å²) in [6.45, 7) is 3.69. The van der Waals surface area contributed by atoms with Crippen LogP contribution in [0, 0.1) is 0 Å². The van der Waals surface area contributed by atoms with Gasteiger partial charge in [-0.25, -0.2) is 9.59 Å². The average molecular weight is 496 g/mol. The molecule has 156 valence electrons. The highest BCUT2D eigenvalue weighted by Crippen LogP contribution is 2.34. The maximum absolute atomic E-state index is 12.8. The number of carbonyl (C=O) groups is 3. The van der Waals surface area contributed by atoms with E-state index in [1.54, 1.807) is 18.2 Å². The van der Waals surface area contributed by atoms with Crippen molar-refractivity contribution in [2.75, 3.05) is 13.7 Å². The second-order valence-electron chi connectivity index (χ2n) is 6.04. The quantitative estimate of drug-likeness (QED) is 0.268. The number of halogens is 2. The predicted octanol–water partition coefficient (Wildman–Crippen LogP) is 4.14. The van der Waals surface area contributed by atoms with Crippen LogP contribution >= 0.6 is 27.5 Å². The van der Waals surface area contributed by atoms with Crippen molar-refractivity contribution in [2.45, 2.75) is 6.54 Å². The smallest absolute Gasteiger partial charge is 0.373 e. The molecule has 0 spiro atoms. The van der Waals surface area contributed by atoms with Gasteiger partial charge in [-0.05, 0) is 46.3 Å². The molecule has 1 saturated heterocycles. The summed E-state index contributed by atoms with van der Waals surface area (Å²) in [5.74, 6) is -0.552. The molecule has 2 aromatic rings. The number of benzene rings is 1. The van der Waals surface area contributed by atoms with Crippen molar-refractivity contribution < 1.29 is 28.3 Å². The van der Waals surface area contributed by atoms with E-state index in [9.17, 15) is 14.4 Å². The normalized spacial score (nSPS) is 14.8. The molecule has 8 nitrogen and oxygen atoms in total. The number of nitrogens with one attached hydrogen (secondary N) is 1. The first kappa shape index (κ1) is 21.7. The fourth-order valence-electron chi connectivity index (χ4n) is 2.68. The van der Waals surface area contributed by atoms with Gasteiger partial charge in [-0.3, -0.25) is 9.69 Å². The highest BCUT2D eigenvalue weighted by Gasteiger charge is 2.34. The molecule has 1 aliphatic rings. The monoisotopic (exact) mass is 494 g/mol. The molecular formula is C20H16BrClN2O6. The van der Waals surface area contributed by atoms with Crippen LogP contribution in [-0.4, -0.2) is 36.5 Å². The van der Waals surface area contributed by atoms with Gasteiger partial charge in [0.05, 0.1) is 18.1 Å². The van der Waals surface area contributed by atoms with Crippen LogP contribution in [0.3, 0.4) is 0 Å². The summed E-state index contributed by atoms with van der Waals surface area (Å²) in [6.07, 6.45) is 3.05. The van der Waals surface area contributed by atoms with Crippen molar-refractivity contribution in [3.05, 3.63) is 69.2 Å². The van der Waals surface area contributed by atoms with Crippen LogP contribution in [0.5, 0.6) is 5.75 Å². The van der Waals surface area contributed by atoms with Crippen LogP contribution in [-0.2, 0) is 16.1 Å². The summed E-state index contributed by atoms with van der Waals surface area (Å²) >= 11 is 9.49. The molecule has 0 saturated carbocycles. The summed E-state index contributed by atoms with van der Waals surface area (Å²) in [5.41, 5.74) is 0.532. The second-order valence-corrected chi connectivity index (χ2v) is 7.33. The lowest BCUT2D eigenvalue weighted by Gasteiger charge is -2.11. The Balaban J connectivity index is 1.86. The largest absolute Gasteiger partial charge is 0.488 e. The van der Waals surface area contributed by atoms with Gasteiger partial charge in [-0.1, -0.05) is 24.3 Å². The Kier molecular flexibility index (Phi) is 6.63. The molecule has 0 atom stereocenters. The molecule has 1 N–H and O–H groups in total. The first-order valence-electron chi connectivity index (χ1n) is 8.58. The van der Waals surface area contributed by atoms with Crippen LogP contribution in [0.15, 0.2) is 51.5 Å². The van der Waals surface area contributed by atoms with Gasteiger partial charge in [-0.2, -0.15) is 0 Å². The summed E-state index contributed by atoms with van der Waals surface area (Å²) < 4.78 is 16.1. The summed E-state index contributed by atoms with van der Waals surface area (Å²) in [6, 6.07) is 5.53. The number of rotatable bonds is 7. The molecule has 3 rings (SSSR count). The zero-order valence-electron chi connectivity index (χ0n) is 15.7. The number of esters is 1. The third kappa shape index (κ3) is 4.58. The molecule has 10 heteroatoms. The summed E-state index contributed by atoms with van der Waals surface area (Å²) in [4.78, 5) is 37.5. The van der Waals surface area contributed by atoms with Crippen LogP contribution in [0.4, 0.5) is 4.79 Å². The van der Waals surface area contributed by atoms with Crippen molar-refractivity contribution in [1.29, 1.82) is 0 Å². The zero-order chi connectivity index (χ0) is 21.8. The molecule has 3 amide bonds. The van der Waals surface area contributed by atoms with E-state index < -0.39 is 17.9 Å². The van der Waals surface area contributed by atoms with Gasteiger partial charge in [0.1, 0.15) is 23.8 Å². The number of ether oxygens (including phenoxy) is 2. The molecule has 0 bridgehead atoms. The Morgan fingerprint density at radius 1 is 1.37 bits per heavy atom. The van der Waals surface area contributed by atoms with Gasteiger partial charge < -0.3 is 19.2 Å². The van der Waals surface area contributed by atoms with Crippen molar-refractivity contribution in [3.63, 3.8) is 0 Å². The third-order valence-electron chi connectivity index (χ3n) is 4.01. The Bertz CT molecular complexity index is 1060. The number of methoxy groups -OCH3 is 1. The minimum Gasteiger partial charge on any atom is -0.488 e. The summed E-state index contributed by atoms with van der Waals surface area (Å²) in [5, 5.41) is 2.93. The van der Waals surface area contributed by atoms with Gasteiger partial charge in [0, 0.05) is 10.6 Å². The number of carbonyl (C=O) groups excluding carboxylic acids is 3. The topological polar surface area (TPSA) is 98.1 Å². The van der Waals surface area contributed by atoms with Crippen LogP contribution in [0.1, 0.15) is 21.9 Å². The maximum Gasteiger partial charge on any atom is 0.373 e. The number of furan rings is 1. The Morgan fingerprint density at radius 3 is 2.83 bits per heavy atom. The molecule has 1 aromatic heterocycles. The zero-order valence-corrected chi connectivity index (χ0v) is 18.1. The Labute approximate surface area is 185 Å². The highest BCUT2D eigenvalue weighted by molar-refractivity contribution is 9.10. The molecule has 30 heavy (non-hydrogen) atoms. The number of nitrogens with zero attached hydrogens (tertiary/aromatic N) is 1. The van der Waals surface area contributed by atoms with Crippen molar-refractivity contribution >= 4 is 51.5 Å². The number of urea groups is 1. The van der Waals surface area contributed by atoms with Gasteiger partial charge in [-0.15, -0.1) is 0 Å². The van der Waals surface area contributed by atoms with Crippen molar-refractivity contribution in [2.24, 2.45) is 0 Å². The van der Waals surface area contributed by atoms with Crippen LogP contribution < -0.4 is 10.1 Å². The van der Waals surface area contributed by atoms with Gasteiger partial charge in [0.25, 0.3) is 5.91 Å². The number of hydrogen-bond donors (Lipinski definition) is 1. The predicted molar refractivity (Wildman–Crippen MR) is 112 cm³/mol. The van der Waals surface area contributed by atoms with E-state index in [1.807, 2.05) is 0 Å². The fraction of sp³-hybridized carbons (Fsp3) is 0.150. The van der Waals surface area contributed by atoms with E-state index in [4.69, 9.17) is 20.8 Å². The first-order valence-corrected chi connectivity index (χ1v) is 9.75. The van der Waals surface area contributed by atoms with E-state index in [0.29, 0.717) is 20.8 Å². The van der Waals surface area contributed by atoms with E-state index in [-0.39, 0.29) is 30.4 Å². The number of imide groups is 1. The molecule has 1 aromatic carbocycles. The van der Waals surface area contributed by atoms with Crippen molar-refractivity contribution in [3.8, 4) is 5.75 Å². The Hall–Kier alpha value is -3.04. The second kappa shape index (κ2) is 9.19. The minimum absolute atomic E-state index is 0.0249. The third-order valence-corrected chi connectivity index (χ3v) is 4.81. The van der Waals surface area contributed by atoms with Crippen LogP contribution in [0.25, 0.3) is 6.08 Å². The molecule has 2 heterocycles. The Morgan fingerprint density at radius 2 is 2.13 bits per heavy atom. The average Bonchev–Trinajstić information content (AvgIpc) is 3.27.